The van der Waals surface area contributed by atoms with Crippen molar-refractivity contribution in [3.63, 3.8) is 0 Å². The standard InChI is InChI=1S/C30H25NO3/c1-19-9-3-5-11-21(19)15-23-17-30(26-14-8-7-13-25(26)27(23)32)18-24(28(33)31-29(30)34)16-22-12-6-4-10-20(22)2/h3-16H,17-18H2,1-2H3,(H,31,33,34)/b23-15+,24-16+. The van der Waals surface area contributed by atoms with Gasteiger partial charge in [-0.05, 0) is 66.7 Å². The number of amides is 2. The lowest BCUT2D eigenvalue weighted by atomic mass is 9.62. The summed E-state index contributed by atoms with van der Waals surface area (Å²) in [6.07, 6.45) is 4.23. The Hall–Kier alpha value is -4.05. The second-order valence-electron chi connectivity index (χ2n) is 9.15. The predicted molar refractivity (Wildman–Crippen MR) is 133 cm³/mol. The summed E-state index contributed by atoms with van der Waals surface area (Å²) in [5.41, 5.74) is 5.28. The van der Waals surface area contributed by atoms with Crippen LogP contribution in [0.5, 0.6) is 0 Å². The number of piperidine rings is 1. The van der Waals surface area contributed by atoms with Gasteiger partial charge in [-0.2, -0.15) is 0 Å². The summed E-state index contributed by atoms with van der Waals surface area (Å²) in [7, 11) is 0. The van der Waals surface area contributed by atoms with E-state index in [1.54, 1.807) is 6.07 Å². The highest BCUT2D eigenvalue weighted by molar-refractivity contribution is 6.19. The first-order valence-electron chi connectivity index (χ1n) is 11.4. The van der Waals surface area contributed by atoms with Crippen LogP contribution in [-0.2, 0) is 15.0 Å². The lowest BCUT2D eigenvalue weighted by Gasteiger charge is -2.41. The third-order valence-electron chi connectivity index (χ3n) is 6.95. The summed E-state index contributed by atoms with van der Waals surface area (Å²) >= 11 is 0. The Morgan fingerprint density at radius 1 is 0.706 bits per heavy atom. The highest BCUT2D eigenvalue weighted by atomic mass is 16.2. The predicted octanol–water partition coefficient (Wildman–Crippen LogP) is 5.34. The van der Waals surface area contributed by atoms with E-state index in [0.29, 0.717) is 22.3 Å². The average Bonchev–Trinajstić information content (AvgIpc) is 2.83. The highest BCUT2D eigenvalue weighted by Gasteiger charge is 2.51. The zero-order chi connectivity index (χ0) is 23.9. The molecule has 1 aliphatic carbocycles. The summed E-state index contributed by atoms with van der Waals surface area (Å²) in [6, 6.07) is 23.0. The molecule has 1 heterocycles. The van der Waals surface area contributed by atoms with Gasteiger partial charge in [0.25, 0.3) is 5.91 Å². The molecule has 4 heteroatoms. The first-order chi connectivity index (χ1) is 16.4. The molecule has 0 bridgehead atoms. The molecule has 0 aromatic heterocycles. The first-order valence-corrected chi connectivity index (χ1v) is 11.4. The van der Waals surface area contributed by atoms with E-state index in [4.69, 9.17) is 0 Å². The normalized spacial score (nSPS) is 22.2. The second-order valence-corrected chi connectivity index (χ2v) is 9.15. The van der Waals surface area contributed by atoms with Crippen LogP contribution in [-0.4, -0.2) is 17.6 Å². The SMILES string of the molecule is Cc1ccccc1/C=C1\CC2(C/C(=C\c3ccccc3C)C(=O)c3ccccc32)C(=O)NC1=O. The Labute approximate surface area is 199 Å². The van der Waals surface area contributed by atoms with Gasteiger partial charge in [-0.15, -0.1) is 0 Å². The Kier molecular flexibility index (Phi) is 5.37. The average molecular weight is 448 g/mol. The summed E-state index contributed by atoms with van der Waals surface area (Å²) in [5, 5.41) is 2.60. The molecule has 1 saturated heterocycles. The van der Waals surface area contributed by atoms with E-state index in [0.717, 1.165) is 22.3 Å². The van der Waals surface area contributed by atoms with E-state index in [9.17, 15) is 14.4 Å². The van der Waals surface area contributed by atoms with Gasteiger partial charge < -0.3 is 0 Å². The van der Waals surface area contributed by atoms with Crippen LogP contribution < -0.4 is 5.32 Å². The van der Waals surface area contributed by atoms with Gasteiger partial charge in [0.05, 0.1) is 5.41 Å². The number of fused-ring (bicyclic) bond motifs is 2. The minimum atomic E-state index is -1.03. The zero-order valence-corrected chi connectivity index (χ0v) is 19.2. The Balaban J connectivity index is 1.67. The van der Waals surface area contributed by atoms with Crippen LogP contribution in [0.2, 0.25) is 0 Å². The molecule has 34 heavy (non-hydrogen) atoms. The fraction of sp³-hybridized carbons (Fsp3) is 0.167. The number of imide groups is 1. The number of carbonyl (C=O) groups excluding carboxylic acids is 3. The zero-order valence-electron chi connectivity index (χ0n) is 19.2. The number of rotatable bonds is 2. The van der Waals surface area contributed by atoms with Gasteiger partial charge in [0, 0.05) is 16.7 Å². The van der Waals surface area contributed by atoms with Crippen molar-refractivity contribution >= 4 is 29.7 Å². The number of aryl methyl sites for hydroxylation is 2. The summed E-state index contributed by atoms with van der Waals surface area (Å²) in [5.74, 6) is -0.800. The summed E-state index contributed by atoms with van der Waals surface area (Å²) in [6.45, 7) is 3.99. The van der Waals surface area contributed by atoms with E-state index < -0.39 is 5.41 Å². The van der Waals surface area contributed by atoms with Crippen molar-refractivity contribution in [3.05, 3.63) is 117 Å². The van der Waals surface area contributed by atoms with Crippen molar-refractivity contribution in [1.82, 2.24) is 5.32 Å². The number of carbonyl (C=O) groups is 3. The molecule has 5 rings (SSSR count). The molecular weight excluding hydrogens is 422 g/mol. The third kappa shape index (κ3) is 3.61. The number of ketones is 1. The molecule has 2 amide bonds. The van der Waals surface area contributed by atoms with Crippen LogP contribution in [0, 0.1) is 13.8 Å². The van der Waals surface area contributed by atoms with Crippen LogP contribution in [0.3, 0.4) is 0 Å². The first kappa shape index (κ1) is 21.8. The van der Waals surface area contributed by atoms with Gasteiger partial charge in [0.2, 0.25) is 5.91 Å². The molecule has 1 aliphatic heterocycles. The molecule has 1 unspecified atom stereocenters. The van der Waals surface area contributed by atoms with Gasteiger partial charge in [0.15, 0.2) is 5.78 Å². The van der Waals surface area contributed by atoms with Crippen molar-refractivity contribution in [1.29, 1.82) is 0 Å². The molecule has 2 aliphatic rings. The monoisotopic (exact) mass is 447 g/mol. The van der Waals surface area contributed by atoms with Gasteiger partial charge >= 0.3 is 0 Å². The molecule has 0 saturated carbocycles. The van der Waals surface area contributed by atoms with Crippen molar-refractivity contribution in [2.24, 2.45) is 0 Å². The molecule has 3 aromatic rings. The fourth-order valence-electron chi connectivity index (χ4n) is 5.03. The molecule has 1 N–H and O–H groups in total. The van der Waals surface area contributed by atoms with Crippen molar-refractivity contribution in [2.45, 2.75) is 32.1 Å². The minimum Gasteiger partial charge on any atom is -0.292 e. The van der Waals surface area contributed by atoms with Gasteiger partial charge in [-0.1, -0.05) is 72.8 Å². The summed E-state index contributed by atoms with van der Waals surface area (Å²) in [4.78, 5) is 39.8. The lowest BCUT2D eigenvalue weighted by Crippen LogP contribution is -2.54. The molecule has 168 valence electrons. The largest absolute Gasteiger partial charge is 0.292 e. The fourth-order valence-corrected chi connectivity index (χ4v) is 5.03. The van der Waals surface area contributed by atoms with E-state index in [2.05, 4.69) is 5.32 Å². The van der Waals surface area contributed by atoms with Gasteiger partial charge in [0.1, 0.15) is 0 Å². The Bertz CT molecular complexity index is 1410. The van der Waals surface area contributed by atoms with Crippen molar-refractivity contribution in [2.75, 3.05) is 0 Å². The topological polar surface area (TPSA) is 63.2 Å². The summed E-state index contributed by atoms with van der Waals surface area (Å²) < 4.78 is 0. The molecule has 4 nitrogen and oxygen atoms in total. The number of Topliss-reactive ketones (excluding diaryl/α,β-unsaturated/α-hetero) is 1. The third-order valence-corrected chi connectivity index (χ3v) is 6.95. The van der Waals surface area contributed by atoms with Crippen LogP contribution in [0.4, 0.5) is 0 Å². The van der Waals surface area contributed by atoms with Crippen molar-refractivity contribution < 1.29 is 14.4 Å². The number of nitrogens with one attached hydrogen (secondary N) is 1. The number of benzene rings is 3. The number of hydrogen-bond acceptors (Lipinski definition) is 3. The molecule has 1 fully saturated rings. The van der Waals surface area contributed by atoms with Crippen LogP contribution in [0.15, 0.2) is 83.9 Å². The van der Waals surface area contributed by atoms with Gasteiger partial charge in [-0.25, -0.2) is 0 Å². The maximum Gasteiger partial charge on any atom is 0.253 e. The second kappa shape index (κ2) is 8.38. The van der Waals surface area contributed by atoms with E-state index in [1.807, 2.05) is 92.7 Å². The van der Waals surface area contributed by atoms with E-state index in [-0.39, 0.29) is 30.4 Å². The highest BCUT2D eigenvalue weighted by Crippen LogP contribution is 2.46. The molecular formula is C30H25NO3. The smallest absolute Gasteiger partial charge is 0.253 e. The minimum absolute atomic E-state index is 0.0707. The Morgan fingerprint density at radius 2 is 1.24 bits per heavy atom. The Morgan fingerprint density at radius 3 is 1.88 bits per heavy atom. The van der Waals surface area contributed by atoms with Gasteiger partial charge in [-0.3, -0.25) is 19.7 Å². The quantitative estimate of drug-likeness (QED) is 0.426. The molecule has 1 atom stereocenters. The maximum atomic E-state index is 13.5. The lowest BCUT2D eigenvalue weighted by molar-refractivity contribution is -0.135. The van der Waals surface area contributed by atoms with E-state index in [1.165, 1.54) is 0 Å². The molecule has 0 radical (unpaired) electrons. The number of allylic oxidation sites excluding steroid dienone is 1. The van der Waals surface area contributed by atoms with Crippen LogP contribution >= 0.6 is 0 Å². The number of hydrogen-bond donors (Lipinski definition) is 1. The van der Waals surface area contributed by atoms with Crippen molar-refractivity contribution in [3.8, 4) is 0 Å². The maximum absolute atomic E-state index is 13.5. The van der Waals surface area contributed by atoms with Crippen LogP contribution in [0.1, 0.15) is 51.0 Å². The molecule has 1 spiro atoms. The van der Waals surface area contributed by atoms with Crippen LogP contribution in [0.25, 0.3) is 12.2 Å². The van der Waals surface area contributed by atoms with E-state index >= 15 is 0 Å². The molecule has 3 aromatic carbocycles.